The maximum Gasteiger partial charge on any atom is 0.201 e. The molecule has 1 aliphatic rings. The van der Waals surface area contributed by atoms with Gasteiger partial charge in [-0.1, -0.05) is 13.0 Å². The third-order valence-electron chi connectivity index (χ3n) is 4.06. The van der Waals surface area contributed by atoms with Crippen LogP contribution in [0.15, 0.2) is 18.2 Å². The Morgan fingerprint density at radius 3 is 3.11 bits per heavy atom. The lowest BCUT2D eigenvalue weighted by Gasteiger charge is -2.23. The van der Waals surface area contributed by atoms with Gasteiger partial charge >= 0.3 is 0 Å². The molecule has 1 atom stereocenters. The van der Waals surface area contributed by atoms with Crippen LogP contribution in [0.3, 0.4) is 0 Å². The Labute approximate surface area is 112 Å². The second-order valence-corrected chi connectivity index (χ2v) is 5.11. The van der Waals surface area contributed by atoms with E-state index in [4.69, 9.17) is 5.73 Å². The van der Waals surface area contributed by atoms with E-state index in [0.717, 1.165) is 25.2 Å². The maximum atomic E-state index is 13.7. The van der Waals surface area contributed by atoms with Crippen molar-refractivity contribution in [1.29, 1.82) is 0 Å². The maximum absolute atomic E-state index is 13.7. The molecule has 19 heavy (non-hydrogen) atoms. The van der Waals surface area contributed by atoms with Crippen LogP contribution in [0.5, 0.6) is 0 Å². The molecule has 1 fully saturated rings. The average molecular weight is 262 g/mol. The number of benzene rings is 1. The minimum Gasteiger partial charge on any atom is -0.369 e. The third-order valence-corrected chi connectivity index (χ3v) is 4.06. The van der Waals surface area contributed by atoms with Crippen LogP contribution in [0.4, 0.5) is 10.3 Å². The van der Waals surface area contributed by atoms with E-state index in [1.54, 1.807) is 6.07 Å². The van der Waals surface area contributed by atoms with Crippen molar-refractivity contribution in [3.63, 3.8) is 0 Å². The van der Waals surface area contributed by atoms with Crippen LogP contribution in [0.1, 0.15) is 19.8 Å². The first-order valence-electron chi connectivity index (χ1n) is 6.85. The Kier molecular flexibility index (Phi) is 3.14. The zero-order chi connectivity index (χ0) is 13.4. The number of anilines is 1. The molecule has 0 spiro atoms. The molecule has 5 heteroatoms. The summed E-state index contributed by atoms with van der Waals surface area (Å²) in [5, 5.41) is 0. The summed E-state index contributed by atoms with van der Waals surface area (Å²) in [6, 6.07) is 5.50. The van der Waals surface area contributed by atoms with Crippen molar-refractivity contribution >= 4 is 17.0 Å². The standard InChI is InChI=1S/C14H19FN4/c1-2-18-8-4-5-10(18)9-19-12-7-3-6-11(15)13(12)17-14(19)16/h3,6-7,10H,2,4-5,8-9H2,1H3,(H2,16,17). The Hall–Kier alpha value is -1.62. The molecular weight excluding hydrogens is 243 g/mol. The zero-order valence-corrected chi connectivity index (χ0v) is 11.1. The number of fused-ring (bicyclic) bond motifs is 1. The minimum absolute atomic E-state index is 0.304. The van der Waals surface area contributed by atoms with Crippen LogP contribution in [-0.2, 0) is 6.54 Å². The molecule has 4 nitrogen and oxygen atoms in total. The van der Waals surface area contributed by atoms with Gasteiger partial charge in [-0.15, -0.1) is 0 Å². The molecule has 1 saturated heterocycles. The lowest BCUT2D eigenvalue weighted by molar-refractivity contribution is 0.246. The summed E-state index contributed by atoms with van der Waals surface area (Å²) in [5.41, 5.74) is 7.12. The van der Waals surface area contributed by atoms with Crippen molar-refractivity contribution in [2.45, 2.75) is 32.4 Å². The average Bonchev–Trinajstić information content (AvgIpc) is 2.97. The Morgan fingerprint density at radius 2 is 2.32 bits per heavy atom. The molecule has 1 aromatic carbocycles. The Morgan fingerprint density at radius 1 is 1.47 bits per heavy atom. The number of rotatable bonds is 3. The topological polar surface area (TPSA) is 47.1 Å². The molecule has 2 aromatic rings. The second-order valence-electron chi connectivity index (χ2n) is 5.11. The van der Waals surface area contributed by atoms with Crippen molar-refractivity contribution in [3.05, 3.63) is 24.0 Å². The number of likely N-dealkylation sites (tertiary alicyclic amines) is 1. The molecule has 0 amide bonds. The van der Waals surface area contributed by atoms with Crippen LogP contribution in [0, 0.1) is 5.82 Å². The molecule has 0 radical (unpaired) electrons. The third kappa shape index (κ3) is 2.08. The first kappa shape index (κ1) is 12.4. The molecule has 1 unspecified atom stereocenters. The molecule has 3 rings (SSSR count). The fraction of sp³-hybridized carbons (Fsp3) is 0.500. The monoisotopic (exact) mass is 262 g/mol. The number of hydrogen-bond acceptors (Lipinski definition) is 3. The van der Waals surface area contributed by atoms with E-state index in [2.05, 4.69) is 16.8 Å². The highest BCUT2D eigenvalue weighted by Gasteiger charge is 2.24. The molecule has 0 bridgehead atoms. The lowest BCUT2D eigenvalue weighted by atomic mass is 10.2. The van der Waals surface area contributed by atoms with Gasteiger partial charge in [-0.3, -0.25) is 4.90 Å². The fourth-order valence-corrected chi connectivity index (χ4v) is 3.05. The van der Waals surface area contributed by atoms with Crippen molar-refractivity contribution < 1.29 is 4.39 Å². The summed E-state index contributed by atoms with van der Waals surface area (Å²) in [6.07, 6.45) is 2.39. The Bertz CT molecular complexity index is 592. The van der Waals surface area contributed by atoms with Gasteiger partial charge in [0, 0.05) is 12.6 Å². The quantitative estimate of drug-likeness (QED) is 0.922. The number of para-hydroxylation sites is 1. The van der Waals surface area contributed by atoms with Gasteiger partial charge in [-0.2, -0.15) is 0 Å². The molecule has 1 aromatic heterocycles. The van der Waals surface area contributed by atoms with E-state index in [-0.39, 0.29) is 5.82 Å². The number of aromatic nitrogens is 2. The van der Waals surface area contributed by atoms with E-state index in [9.17, 15) is 4.39 Å². The van der Waals surface area contributed by atoms with Crippen LogP contribution < -0.4 is 5.73 Å². The summed E-state index contributed by atoms with van der Waals surface area (Å²) in [5.74, 6) is 0.102. The van der Waals surface area contributed by atoms with Crippen LogP contribution in [0.2, 0.25) is 0 Å². The number of likely N-dealkylation sites (N-methyl/N-ethyl adjacent to an activating group) is 1. The smallest absolute Gasteiger partial charge is 0.201 e. The number of nitrogens with two attached hydrogens (primary N) is 1. The summed E-state index contributed by atoms with van der Waals surface area (Å²) < 4.78 is 15.6. The number of halogens is 1. The molecule has 2 heterocycles. The van der Waals surface area contributed by atoms with Crippen LogP contribution in [-0.4, -0.2) is 33.6 Å². The highest BCUT2D eigenvalue weighted by Crippen LogP contribution is 2.24. The summed E-state index contributed by atoms with van der Waals surface area (Å²) in [4.78, 5) is 6.60. The van der Waals surface area contributed by atoms with Gasteiger partial charge in [-0.05, 0) is 38.1 Å². The molecule has 1 aliphatic heterocycles. The predicted molar refractivity (Wildman–Crippen MR) is 74.4 cm³/mol. The molecule has 0 saturated carbocycles. The SMILES string of the molecule is CCN1CCCC1Cn1c(N)nc2c(F)cccc21. The second kappa shape index (κ2) is 4.81. The van der Waals surface area contributed by atoms with Crippen molar-refractivity contribution in [2.75, 3.05) is 18.8 Å². The van der Waals surface area contributed by atoms with Crippen LogP contribution >= 0.6 is 0 Å². The van der Waals surface area contributed by atoms with Gasteiger partial charge < -0.3 is 10.3 Å². The van der Waals surface area contributed by atoms with Crippen molar-refractivity contribution in [1.82, 2.24) is 14.5 Å². The summed E-state index contributed by atoms with van der Waals surface area (Å²) in [7, 11) is 0. The van der Waals surface area contributed by atoms with Gasteiger partial charge in [0.1, 0.15) is 5.52 Å². The molecular formula is C14H19FN4. The van der Waals surface area contributed by atoms with Crippen molar-refractivity contribution in [3.8, 4) is 0 Å². The van der Waals surface area contributed by atoms with Gasteiger partial charge in [-0.25, -0.2) is 9.37 Å². The predicted octanol–water partition coefficient (Wildman–Crippen LogP) is 2.24. The zero-order valence-electron chi connectivity index (χ0n) is 11.1. The van der Waals surface area contributed by atoms with Gasteiger partial charge in [0.25, 0.3) is 0 Å². The molecule has 2 N–H and O–H groups in total. The van der Waals surface area contributed by atoms with E-state index in [0.29, 0.717) is 17.5 Å². The van der Waals surface area contributed by atoms with Gasteiger partial charge in [0.2, 0.25) is 5.95 Å². The first-order valence-corrected chi connectivity index (χ1v) is 6.85. The van der Waals surface area contributed by atoms with E-state index in [1.165, 1.54) is 18.9 Å². The molecule has 102 valence electrons. The first-order chi connectivity index (χ1) is 9.20. The molecule has 0 aliphatic carbocycles. The highest BCUT2D eigenvalue weighted by molar-refractivity contribution is 5.78. The van der Waals surface area contributed by atoms with Crippen LogP contribution in [0.25, 0.3) is 11.0 Å². The van der Waals surface area contributed by atoms with Gasteiger partial charge in [0.15, 0.2) is 5.82 Å². The summed E-state index contributed by atoms with van der Waals surface area (Å²) in [6.45, 7) is 5.15. The highest BCUT2D eigenvalue weighted by atomic mass is 19.1. The number of hydrogen-bond donors (Lipinski definition) is 1. The largest absolute Gasteiger partial charge is 0.369 e. The fourth-order valence-electron chi connectivity index (χ4n) is 3.05. The lowest BCUT2D eigenvalue weighted by Crippen LogP contribution is -2.33. The van der Waals surface area contributed by atoms with E-state index < -0.39 is 0 Å². The van der Waals surface area contributed by atoms with E-state index in [1.807, 2.05) is 10.6 Å². The number of imidazole rings is 1. The van der Waals surface area contributed by atoms with Crippen molar-refractivity contribution in [2.24, 2.45) is 0 Å². The normalized spacial score (nSPS) is 20.4. The number of nitrogens with zero attached hydrogens (tertiary/aromatic N) is 3. The number of nitrogen functional groups attached to an aromatic ring is 1. The van der Waals surface area contributed by atoms with E-state index >= 15 is 0 Å². The summed E-state index contributed by atoms with van der Waals surface area (Å²) >= 11 is 0. The Balaban J connectivity index is 1.96. The minimum atomic E-state index is -0.304. The van der Waals surface area contributed by atoms with Gasteiger partial charge in [0.05, 0.1) is 5.52 Å².